The molecule has 0 radical (unpaired) electrons. The molecule has 0 amide bonds. The SMILES string of the molecule is C=CC/C=C(\CCC)N(C)CCOC(=O)C(=C)C. The van der Waals surface area contributed by atoms with Crippen LogP contribution >= 0.6 is 0 Å². The van der Waals surface area contributed by atoms with Crippen molar-refractivity contribution in [2.45, 2.75) is 33.1 Å². The summed E-state index contributed by atoms with van der Waals surface area (Å²) in [5.41, 5.74) is 1.71. The second-order valence-electron chi connectivity index (χ2n) is 4.31. The van der Waals surface area contributed by atoms with E-state index in [-0.39, 0.29) is 5.97 Å². The summed E-state index contributed by atoms with van der Waals surface area (Å²) in [6.07, 6.45) is 7.03. The van der Waals surface area contributed by atoms with Crippen LogP contribution < -0.4 is 0 Å². The second kappa shape index (κ2) is 9.51. The van der Waals surface area contributed by atoms with Crippen LogP contribution in [0.3, 0.4) is 0 Å². The Kier molecular flexibility index (Phi) is 8.71. The van der Waals surface area contributed by atoms with Crippen molar-refractivity contribution in [1.82, 2.24) is 4.90 Å². The van der Waals surface area contributed by atoms with E-state index in [2.05, 4.69) is 31.1 Å². The first-order valence-electron chi connectivity index (χ1n) is 6.36. The Hall–Kier alpha value is -1.51. The van der Waals surface area contributed by atoms with Gasteiger partial charge in [0.15, 0.2) is 0 Å². The van der Waals surface area contributed by atoms with Gasteiger partial charge < -0.3 is 9.64 Å². The third-order valence-electron chi connectivity index (χ3n) is 2.52. The summed E-state index contributed by atoms with van der Waals surface area (Å²) >= 11 is 0. The predicted octanol–water partition coefficient (Wildman–Crippen LogP) is 3.30. The minimum Gasteiger partial charge on any atom is -0.460 e. The number of allylic oxidation sites excluding steroid dienone is 3. The maximum atomic E-state index is 11.2. The van der Waals surface area contributed by atoms with Gasteiger partial charge in [-0.3, -0.25) is 0 Å². The maximum Gasteiger partial charge on any atom is 0.333 e. The van der Waals surface area contributed by atoms with E-state index in [0.717, 1.165) is 19.3 Å². The Morgan fingerprint density at radius 1 is 1.44 bits per heavy atom. The molecule has 0 rings (SSSR count). The van der Waals surface area contributed by atoms with Gasteiger partial charge in [-0.2, -0.15) is 0 Å². The number of hydrogen-bond donors (Lipinski definition) is 0. The number of hydrogen-bond acceptors (Lipinski definition) is 3. The zero-order valence-electron chi connectivity index (χ0n) is 11.9. The molecule has 18 heavy (non-hydrogen) atoms. The van der Waals surface area contributed by atoms with Crippen LogP contribution in [0, 0.1) is 0 Å². The van der Waals surface area contributed by atoms with Gasteiger partial charge in [0, 0.05) is 18.3 Å². The quantitative estimate of drug-likeness (QED) is 0.358. The molecular formula is C15H25NO2. The smallest absolute Gasteiger partial charge is 0.333 e. The van der Waals surface area contributed by atoms with Gasteiger partial charge in [0.05, 0.1) is 6.54 Å². The van der Waals surface area contributed by atoms with E-state index in [9.17, 15) is 4.79 Å². The van der Waals surface area contributed by atoms with Crippen molar-refractivity contribution in [1.29, 1.82) is 0 Å². The molecule has 102 valence electrons. The van der Waals surface area contributed by atoms with Gasteiger partial charge in [-0.25, -0.2) is 4.79 Å². The molecule has 0 spiro atoms. The van der Waals surface area contributed by atoms with Gasteiger partial charge >= 0.3 is 5.97 Å². The van der Waals surface area contributed by atoms with Crippen molar-refractivity contribution < 1.29 is 9.53 Å². The lowest BCUT2D eigenvalue weighted by Crippen LogP contribution is -2.24. The topological polar surface area (TPSA) is 29.5 Å². The fraction of sp³-hybridized carbons (Fsp3) is 0.533. The Bertz CT molecular complexity index is 318. The molecule has 0 heterocycles. The third kappa shape index (κ3) is 6.94. The monoisotopic (exact) mass is 251 g/mol. The number of rotatable bonds is 9. The molecule has 0 aliphatic carbocycles. The number of ether oxygens (including phenoxy) is 1. The van der Waals surface area contributed by atoms with Gasteiger partial charge in [0.25, 0.3) is 0 Å². The molecule has 3 nitrogen and oxygen atoms in total. The number of carbonyl (C=O) groups excluding carboxylic acids is 1. The second-order valence-corrected chi connectivity index (χ2v) is 4.31. The third-order valence-corrected chi connectivity index (χ3v) is 2.52. The summed E-state index contributed by atoms with van der Waals surface area (Å²) in [7, 11) is 2.01. The van der Waals surface area contributed by atoms with Crippen LogP contribution in [0.5, 0.6) is 0 Å². The molecule has 0 aromatic heterocycles. The molecule has 0 aromatic rings. The van der Waals surface area contributed by atoms with E-state index >= 15 is 0 Å². The molecule has 0 saturated heterocycles. The van der Waals surface area contributed by atoms with Gasteiger partial charge in [0.2, 0.25) is 0 Å². The normalized spacial score (nSPS) is 10.9. The summed E-state index contributed by atoms with van der Waals surface area (Å²) in [6.45, 7) is 12.1. The molecule has 0 N–H and O–H groups in total. The van der Waals surface area contributed by atoms with Crippen molar-refractivity contribution >= 4 is 5.97 Å². The zero-order chi connectivity index (χ0) is 14.0. The average Bonchev–Trinajstić information content (AvgIpc) is 2.33. The summed E-state index contributed by atoms with van der Waals surface area (Å²) in [5, 5.41) is 0. The Morgan fingerprint density at radius 2 is 2.11 bits per heavy atom. The first kappa shape index (κ1) is 16.5. The molecule has 0 aliphatic heterocycles. The largest absolute Gasteiger partial charge is 0.460 e. The van der Waals surface area contributed by atoms with Crippen LogP contribution in [0.4, 0.5) is 0 Å². The van der Waals surface area contributed by atoms with Crippen LogP contribution in [-0.4, -0.2) is 31.1 Å². The number of likely N-dealkylation sites (N-methyl/N-ethyl adjacent to an activating group) is 1. The lowest BCUT2D eigenvalue weighted by molar-refractivity contribution is -0.139. The lowest BCUT2D eigenvalue weighted by atomic mass is 10.2. The number of carbonyl (C=O) groups is 1. The minimum absolute atomic E-state index is 0.324. The number of esters is 1. The van der Waals surface area contributed by atoms with E-state index in [0.29, 0.717) is 18.7 Å². The fourth-order valence-corrected chi connectivity index (χ4v) is 1.47. The molecule has 0 atom stereocenters. The van der Waals surface area contributed by atoms with Crippen molar-refractivity contribution in [2.24, 2.45) is 0 Å². The van der Waals surface area contributed by atoms with Gasteiger partial charge in [0.1, 0.15) is 6.61 Å². The predicted molar refractivity (Wildman–Crippen MR) is 76.2 cm³/mol. The molecule has 0 fully saturated rings. The molecule has 0 bridgehead atoms. The van der Waals surface area contributed by atoms with Gasteiger partial charge in [-0.15, -0.1) is 6.58 Å². The zero-order valence-corrected chi connectivity index (χ0v) is 11.9. The van der Waals surface area contributed by atoms with Gasteiger partial charge in [-0.1, -0.05) is 32.1 Å². The highest BCUT2D eigenvalue weighted by Crippen LogP contribution is 2.10. The lowest BCUT2D eigenvalue weighted by Gasteiger charge is -2.22. The standard InChI is InChI=1S/C15H25NO2/c1-6-8-10-14(9-7-2)16(5)11-12-18-15(17)13(3)4/h6,10H,1,3,7-9,11-12H2,2,4-5H3/b14-10+. The van der Waals surface area contributed by atoms with Crippen LogP contribution in [-0.2, 0) is 9.53 Å². The average molecular weight is 251 g/mol. The summed E-state index contributed by atoms with van der Waals surface area (Å²) in [4.78, 5) is 13.3. The van der Waals surface area contributed by atoms with Crippen molar-refractivity contribution in [2.75, 3.05) is 20.2 Å². The van der Waals surface area contributed by atoms with E-state index < -0.39 is 0 Å². The minimum atomic E-state index is -0.324. The number of nitrogens with zero attached hydrogens (tertiary/aromatic N) is 1. The molecule has 3 heteroatoms. The molecular weight excluding hydrogens is 226 g/mol. The van der Waals surface area contributed by atoms with Crippen LogP contribution in [0.1, 0.15) is 33.1 Å². The summed E-state index contributed by atoms with van der Waals surface area (Å²) < 4.78 is 5.08. The van der Waals surface area contributed by atoms with Crippen LogP contribution in [0.25, 0.3) is 0 Å². The van der Waals surface area contributed by atoms with E-state index in [1.807, 2.05) is 13.1 Å². The Balaban J connectivity index is 4.17. The maximum absolute atomic E-state index is 11.2. The summed E-state index contributed by atoms with van der Waals surface area (Å²) in [5.74, 6) is -0.324. The van der Waals surface area contributed by atoms with Crippen molar-refractivity contribution in [3.05, 3.63) is 36.6 Å². The van der Waals surface area contributed by atoms with Crippen LogP contribution in [0.2, 0.25) is 0 Å². The van der Waals surface area contributed by atoms with Crippen LogP contribution in [0.15, 0.2) is 36.6 Å². The highest BCUT2D eigenvalue weighted by molar-refractivity contribution is 5.86. The first-order chi connectivity index (χ1) is 8.52. The Labute approximate surface area is 111 Å². The van der Waals surface area contributed by atoms with E-state index in [1.54, 1.807) is 6.92 Å². The Morgan fingerprint density at radius 3 is 2.61 bits per heavy atom. The highest BCUT2D eigenvalue weighted by Gasteiger charge is 2.06. The van der Waals surface area contributed by atoms with E-state index in [4.69, 9.17) is 4.74 Å². The van der Waals surface area contributed by atoms with Crippen molar-refractivity contribution in [3.63, 3.8) is 0 Å². The fourth-order valence-electron chi connectivity index (χ4n) is 1.47. The van der Waals surface area contributed by atoms with Gasteiger partial charge in [-0.05, 0) is 19.8 Å². The summed E-state index contributed by atoms with van der Waals surface area (Å²) in [6, 6.07) is 0. The van der Waals surface area contributed by atoms with E-state index in [1.165, 1.54) is 5.70 Å². The molecule has 0 saturated carbocycles. The molecule has 0 aliphatic rings. The first-order valence-corrected chi connectivity index (χ1v) is 6.36. The molecule has 0 unspecified atom stereocenters. The molecule has 0 aromatic carbocycles. The van der Waals surface area contributed by atoms with Crippen molar-refractivity contribution in [3.8, 4) is 0 Å². The highest BCUT2D eigenvalue weighted by atomic mass is 16.5.